The Hall–Kier alpha value is -4.43. The molecule has 8 heteroatoms. The highest BCUT2D eigenvalue weighted by Crippen LogP contribution is 2.23. The molecule has 5 aromatic rings. The van der Waals surface area contributed by atoms with Gasteiger partial charge in [0.1, 0.15) is 16.9 Å². The summed E-state index contributed by atoms with van der Waals surface area (Å²) in [6.45, 7) is 1.91. The number of nitrogens with one attached hydrogen (secondary N) is 2. The molecule has 0 aliphatic rings. The Morgan fingerprint density at radius 3 is 2.17 bits per heavy atom. The molecular weight excluding hydrogens is 461 g/mol. The molecule has 0 unspecified atom stereocenters. The van der Waals surface area contributed by atoms with Crippen molar-refractivity contribution in [3.05, 3.63) is 108 Å². The number of hydrogen-bond donors (Lipinski definition) is 2. The summed E-state index contributed by atoms with van der Waals surface area (Å²) >= 11 is 5.37. The van der Waals surface area contributed by atoms with E-state index in [2.05, 4.69) is 20.8 Å². The van der Waals surface area contributed by atoms with Gasteiger partial charge in [0.15, 0.2) is 5.11 Å². The molecule has 0 aliphatic heterocycles. The molecule has 0 saturated carbocycles. The van der Waals surface area contributed by atoms with E-state index in [1.54, 1.807) is 24.3 Å². The molecule has 0 atom stereocenters. The maximum atomic E-state index is 13.2. The predicted octanol–water partition coefficient (Wildman–Crippen LogP) is 5.66. The molecule has 4 aromatic carbocycles. The third-order valence-corrected chi connectivity index (χ3v) is 5.72. The highest BCUT2D eigenvalue weighted by atomic mass is 32.1. The zero-order valence-corrected chi connectivity index (χ0v) is 19.5. The Morgan fingerprint density at radius 1 is 0.857 bits per heavy atom. The molecule has 0 bridgehead atoms. The molecule has 172 valence electrons. The van der Waals surface area contributed by atoms with Crippen LogP contribution in [0.25, 0.3) is 27.8 Å². The molecular formula is C27H20FN5OS. The van der Waals surface area contributed by atoms with Gasteiger partial charge in [-0.2, -0.15) is 4.80 Å². The summed E-state index contributed by atoms with van der Waals surface area (Å²) in [5, 5.41) is 14.9. The first kappa shape index (κ1) is 22.4. The highest BCUT2D eigenvalue weighted by molar-refractivity contribution is 7.80. The van der Waals surface area contributed by atoms with E-state index in [-0.39, 0.29) is 16.8 Å². The van der Waals surface area contributed by atoms with Crippen molar-refractivity contribution in [3.63, 3.8) is 0 Å². The second-order valence-electron chi connectivity index (χ2n) is 7.97. The number of halogens is 1. The number of fused-ring (bicyclic) bond motifs is 1. The van der Waals surface area contributed by atoms with Crippen LogP contribution in [0.2, 0.25) is 0 Å². The Bertz CT molecular complexity index is 1530. The summed E-state index contributed by atoms with van der Waals surface area (Å²) in [5.41, 5.74) is 6.16. The van der Waals surface area contributed by atoms with Gasteiger partial charge in [-0.3, -0.25) is 10.1 Å². The second kappa shape index (κ2) is 9.44. The lowest BCUT2D eigenvalue weighted by molar-refractivity contribution is 0.0977. The van der Waals surface area contributed by atoms with Crippen molar-refractivity contribution in [2.45, 2.75) is 6.92 Å². The minimum atomic E-state index is -0.324. The number of anilines is 1. The van der Waals surface area contributed by atoms with Crippen molar-refractivity contribution in [1.82, 2.24) is 20.3 Å². The molecule has 0 aliphatic carbocycles. The summed E-state index contributed by atoms with van der Waals surface area (Å²) in [4.78, 5) is 14.1. The molecule has 0 radical (unpaired) electrons. The Kier molecular flexibility index (Phi) is 6.03. The lowest BCUT2D eigenvalue weighted by Crippen LogP contribution is -2.34. The van der Waals surface area contributed by atoms with E-state index >= 15 is 0 Å². The fourth-order valence-electron chi connectivity index (χ4n) is 3.67. The SMILES string of the molecule is Cc1cc2nn(-c3ccc(F)cc3)nc2cc1NC(=S)NC(=O)c1ccc(-c2ccccc2)cc1. The maximum absolute atomic E-state index is 13.2. The topological polar surface area (TPSA) is 71.8 Å². The van der Waals surface area contributed by atoms with Crippen LogP contribution in [0.5, 0.6) is 0 Å². The normalized spacial score (nSPS) is 10.8. The molecule has 1 amide bonds. The van der Waals surface area contributed by atoms with Gasteiger partial charge >= 0.3 is 0 Å². The Balaban J connectivity index is 1.28. The summed E-state index contributed by atoms with van der Waals surface area (Å²) < 4.78 is 13.2. The van der Waals surface area contributed by atoms with Crippen LogP contribution in [0.3, 0.4) is 0 Å². The third-order valence-electron chi connectivity index (χ3n) is 5.51. The van der Waals surface area contributed by atoms with Crippen LogP contribution in [0.4, 0.5) is 10.1 Å². The molecule has 1 aromatic heterocycles. The number of rotatable bonds is 4. The molecule has 35 heavy (non-hydrogen) atoms. The van der Waals surface area contributed by atoms with Gasteiger partial charge in [0.05, 0.1) is 5.69 Å². The molecule has 1 heterocycles. The average molecular weight is 482 g/mol. The van der Waals surface area contributed by atoms with Crippen molar-refractivity contribution in [2.24, 2.45) is 0 Å². The van der Waals surface area contributed by atoms with Crippen LogP contribution in [0, 0.1) is 12.7 Å². The molecule has 0 saturated heterocycles. The molecule has 0 fully saturated rings. The number of carbonyl (C=O) groups excluding carboxylic acids is 1. The van der Waals surface area contributed by atoms with Crippen LogP contribution >= 0.6 is 12.2 Å². The largest absolute Gasteiger partial charge is 0.332 e. The van der Waals surface area contributed by atoms with Crippen LogP contribution in [-0.2, 0) is 0 Å². The molecule has 0 spiro atoms. The van der Waals surface area contributed by atoms with Crippen molar-refractivity contribution in [2.75, 3.05) is 5.32 Å². The number of amides is 1. The van der Waals surface area contributed by atoms with Crippen molar-refractivity contribution in [3.8, 4) is 16.8 Å². The minimum Gasteiger partial charge on any atom is -0.332 e. The van der Waals surface area contributed by atoms with E-state index < -0.39 is 0 Å². The maximum Gasteiger partial charge on any atom is 0.257 e. The van der Waals surface area contributed by atoms with E-state index in [9.17, 15) is 9.18 Å². The van der Waals surface area contributed by atoms with Gasteiger partial charge < -0.3 is 5.32 Å². The van der Waals surface area contributed by atoms with Gasteiger partial charge in [0.2, 0.25) is 0 Å². The van der Waals surface area contributed by atoms with Gasteiger partial charge in [-0.25, -0.2) is 4.39 Å². The first-order valence-corrected chi connectivity index (χ1v) is 11.3. The zero-order valence-electron chi connectivity index (χ0n) is 18.7. The van der Waals surface area contributed by atoms with E-state index in [1.807, 2.05) is 61.5 Å². The lowest BCUT2D eigenvalue weighted by atomic mass is 10.0. The van der Waals surface area contributed by atoms with Crippen LogP contribution in [0.15, 0.2) is 91.0 Å². The quantitative estimate of drug-likeness (QED) is 0.324. The molecule has 2 N–H and O–H groups in total. The second-order valence-corrected chi connectivity index (χ2v) is 8.38. The number of benzene rings is 4. The number of aryl methyl sites for hydroxylation is 1. The first-order valence-electron chi connectivity index (χ1n) is 10.9. The number of nitrogens with zero attached hydrogens (tertiary/aromatic N) is 3. The predicted molar refractivity (Wildman–Crippen MR) is 139 cm³/mol. The van der Waals surface area contributed by atoms with Gasteiger partial charge in [0, 0.05) is 11.3 Å². The van der Waals surface area contributed by atoms with E-state index in [0.717, 1.165) is 16.7 Å². The summed E-state index contributed by atoms with van der Waals surface area (Å²) in [7, 11) is 0. The summed E-state index contributed by atoms with van der Waals surface area (Å²) in [5.74, 6) is -0.626. The fraction of sp³-hybridized carbons (Fsp3) is 0.0370. The monoisotopic (exact) mass is 481 g/mol. The van der Waals surface area contributed by atoms with Crippen molar-refractivity contribution < 1.29 is 9.18 Å². The van der Waals surface area contributed by atoms with E-state index in [0.29, 0.717) is 28.0 Å². The summed E-state index contributed by atoms with van der Waals surface area (Å²) in [6.07, 6.45) is 0. The van der Waals surface area contributed by atoms with Crippen molar-refractivity contribution >= 4 is 40.0 Å². The van der Waals surface area contributed by atoms with Gasteiger partial charge in [0.25, 0.3) is 5.91 Å². The minimum absolute atomic E-state index is 0.176. The van der Waals surface area contributed by atoms with Crippen LogP contribution in [-0.4, -0.2) is 26.0 Å². The van der Waals surface area contributed by atoms with E-state index in [4.69, 9.17) is 12.2 Å². The number of hydrogen-bond acceptors (Lipinski definition) is 4. The van der Waals surface area contributed by atoms with Gasteiger partial charge in [-0.15, -0.1) is 10.2 Å². The lowest BCUT2D eigenvalue weighted by Gasteiger charge is -2.12. The van der Waals surface area contributed by atoms with Crippen molar-refractivity contribution in [1.29, 1.82) is 0 Å². The van der Waals surface area contributed by atoms with Crippen LogP contribution in [0.1, 0.15) is 15.9 Å². The Morgan fingerprint density at radius 2 is 1.49 bits per heavy atom. The third kappa shape index (κ3) is 4.92. The highest BCUT2D eigenvalue weighted by Gasteiger charge is 2.12. The van der Waals surface area contributed by atoms with Gasteiger partial charge in [-0.05, 0) is 84.4 Å². The smallest absolute Gasteiger partial charge is 0.257 e. The van der Waals surface area contributed by atoms with Crippen LogP contribution < -0.4 is 10.6 Å². The zero-order chi connectivity index (χ0) is 24.4. The fourth-order valence-corrected chi connectivity index (χ4v) is 3.87. The average Bonchev–Trinajstić information content (AvgIpc) is 3.28. The summed E-state index contributed by atoms with van der Waals surface area (Å²) in [6, 6.07) is 26.9. The molecule has 6 nitrogen and oxygen atoms in total. The van der Waals surface area contributed by atoms with Gasteiger partial charge in [-0.1, -0.05) is 42.5 Å². The Labute approximate surface area is 206 Å². The number of aromatic nitrogens is 3. The standard InChI is InChI=1S/C27H20FN5OS/c1-17-15-24-25(32-33(31-24)22-13-11-21(28)12-14-22)16-23(17)29-27(35)30-26(34)20-9-7-19(8-10-20)18-5-3-2-4-6-18/h2-16H,1H3,(H2,29,30,34,35). The number of carbonyl (C=O) groups is 1. The van der Waals surface area contributed by atoms with E-state index in [1.165, 1.54) is 16.9 Å². The molecule has 5 rings (SSSR count). The number of thiocarbonyl (C=S) groups is 1. The first-order chi connectivity index (χ1) is 17.0.